The standard InChI is InChI=1S/C12H18O7S/c1-2-3-4-5-6-7-8-19-12(15)10(9-11(13)14)20(16,17)18/h10H,2-6,9H2,1H3,(H,13,14)(H,16,17,18). The molecule has 0 aromatic carbocycles. The molecule has 20 heavy (non-hydrogen) atoms. The first-order valence-corrected chi connectivity index (χ1v) is 7.66. The Kier molecular flexibility index (Phi) is 8.59. The number of hydrogen-bond acceptors (Lipinski definition) is 5. The van der Waals surface area contributed by atoms with Gasteiger partial charge in [0.15, 0.2) is 5.25 Å². The highest BCUT2D eigenvalue weighted by atomic mass is 32.2. The minimum absolute atomic E-state index is 0.489. The van der Waals surface area contributed by atoms with Crippen molar-refractivity contribution < 1.29 is 32.4 Å². The predicted octanol–water partition coefficient (Wildman–Crippen LogP) is 1.19. The van der Waals surface area contributed by atoms with E-state index in [9.17, 15) is 18.0 Å². The number of carbonyl (C=O) groups excluding carboxylic acids is 1. The maximum Gasteiger partial charge on any atom is 0.341 e. The first kappa shape index (κ1) is 18.4. The number of unbranched alkanes of at least 4 members (excludes halogenated alkanes) is 4. The first-order valence-electron chi connectivity index (χ1n) is 6.15. The van der Waals surface area contributed by atoms with Gasteiger partial charge in [0.25, 0.3) is 10.1 Å². The van der Waals surface area contributed by atoms with Crippen molar-refractivity contribution in [3.63, 3.8) is 0 Å². The van der Waals surface area contributed by atoms with Gasteiger partial charge in [0.2, 0.25) is 0 Å². The number of esters is 1. The highest BCUT2D eigenvalue weighted by Crippen LogP contribution is 2.07. The van der Waals surface area contributed by atoms with E-state index in [1.54, 1.807) is 0 Å². The van der Waals surface area contributed by atoms with Crippen molar-refractivity contribution in [3.8, 4) is 12.0 Å². The van der Waals surface area contributed by atoms with Crippen LogP contribution >= 0.6 is 0 Å². The van der Waals surface area contributed by atoms with Crippen LogP contribution in [-0.2, 0) is 24.4 Å². The van der Waals surface area contributed by atoms with E-state index in [-0.39, 0.29) is 0 Å². The molecule has 1 unspecified atom stereocenters. The third-order valence-electron chi connectivity index (χ3n) is 2.36. The summed E-state index contributed by atoms with van der Waals surface area (Å²) in [6, 6.07) is 0. The van der Waals surface area contributed by atoms with Crippen LogP contribution in [0.25, 0.3) is 0 Å². The van der Waals surface area contributed by atoms with Gasteiger partial charge in [0, 0.05) is 6.42 Å². The summed E-state index contributed by atoms with van der Waals surface area (Å²) >= 11 is 0. The molecular weight excluding hydrogens is 288 g/mol. The number of carboxylic acids is 1. The highest BCUT2D eigenvalue weighted by Gasteiger charge is 2.35. The zero-order valence-electron chi connectivity index (χ0n) is 11.2. The number of carbonyl (C=O) groups is 2. The van der Waals surface area contributed by atoms with Gasteiger partial charge in [-0.1, -0.05) is 32.1 Å². The van der Waals surface area contributed by atoms with E-state index in [1.807, 2.05) is 6.11 Å². The van der Waals surface area contributed by atoms with Crippen molar-refractivity contribution in [2.45, 2.75) is 50.7 Å². The molecule has 0 rings (SSSR count). The lowest BCUT2D eigenvalue weighted by molar-refractivity contribution is -0.143. The van der Waals surface area contributed by atoms with Crippen molar-refractivity contribution >= 4 is 22.1 Å². The molecule has 0 amide bonds. The molecule has 0 saturated carbocycles. The third-order valence-corrected chi connectivity index (χ3v) is 3.44. The molecule has 0 saturated heterocycles. The quantitative estimate of drug-likeness (QED) is 0.299. The molecule has 8 heteroatoms. The van der Waals surface area contributed by atoms with Gasteiger partial charge >= 0.3 is 11.9 Å². The van der Waals surface area contributed by atoms with Crippen LogP contribution in [0.15, 0.2) is 0 Å². The summed E-state index contributed by atoms with van der Waals surface area (Å²) in [5, 5.41) is 6.31. The monoisotopic (exact) mass is 306 g/mol. The minimum Gasteiger partial charge on any atom is -0.481 e. The smallest absolute Gasteiger partial charge is 0.341 e. The second-order valence-corrected chi connectivity index (χ2v) is 5.71. The predicted molar refractivity (Wildman–Crippen MR) is 70.2 cm³/mol. The SMILES string of the molecule is CCCCCCC#COC(=O)C(CC(=O)O)S(=O)(=O)O. The molecule has 2 N–H and O–H groups in total. The molecule has 114 valence electrons. The van der Waals surface area contributed by atoms with Gasteiger partial charge in [-0.25, -0.2) is 4.79 Å². The first-order chi connectivity index (χ1) is 9.29. The maximum atomic E-state index is 11.3. The molecule has 0 aliphatic carbocycles. The fourth-order valence-electron chi connectivity index (χ4n) is 1.31. The minimum atomic E-state index is -4.84. The molecule has 0 bridgehead atoms. The summed E-state index contributed by atoms with van der Waals surface area (Å²) in [5.74, 6) is -0.419. The summed E-state index contributed by atoms with van der Waals surface area (Å²) in [6.07, 6.45) is 5.41. The third kappa shape index (κ3) is 8.50. The number of carboxylic acid groups (broad SMARTS) is 1. The van der Waals surface area contributed by atoms with Crippen molar-refractivity contribution in [2.75, 3.05) is 0 Å². The number of ether oxygens (including phenoxy) is 1. The Labute approximate surface area is 118 Å². The van der Waals surface area contributed by atoms with Gasteiger partial charge in [-0.15, -0.1) is 0 Å². The summed E-state index contributed by atoms with van der Waals surface area (Å²) in [4.78, 5) is 21.8. The topological polar surface area (TPSA) is 118 Å². The van der Waals surface area contributed by atoms with E-state index in [1.165, 1.54) is 0 Å². The van der Waals surface area contributed by atoms with E-state index < -0.39 is 33.7 Å². The number of aliphatic carboxylic acids is 1. The molecule has 0 aliphatic rings. The van der Waals surface area contributed by atoms with Crippen molar-refractivity contribution in [1.82, 2.24) is 0 Å². The fourth-order valence-corrected chi connectivity index (χ4v) is 1.96. The van der Waals surface area contributed by atoms with Crippen molar-refractivity contribution in [3.05, 3.63) is 0 Å². The van der Waals surface area contributed by atoms with Gasteiger partial charge in [-0.05, 0) is 6.42 Å². The Bertz CT molecular complexity index is 484. The van der Waals surface area contributed by atoms with Crippen LogP contribution in [0.3, 0.4) is 0 Å². The Balaban J connectivity index is 4.35. The molecule has 0 radical (unpaired) electrons. The molecule has 1 atom stereocenters. The van der Waals surface area contributed by atoms with Crippen LogP contribution in [0.4, 0.5) is 0 Å². The van der Waals surface area contributed by atoms with E-state index in [2.05, 4.69) is 17.6 Å². The molecule has 0 spiro atoms. The lowest BCUT2D eigenvalue weighted by atomic mass is 10.2. The summed E-state index contributed by atoms with van der Waals surface area (Å²) in [5.41, 5.74) is 0. The average molecular weight is 306 g/mol. The van der Waals surface area contributed by atoms with Crippen LogP contribution in [0, 0.1) is 12.0 Å². The molecule has 0 aliphatic heterocycles. The van der Waals surface area contributed by atoms with Crippen molar-refractivity contribution in [2.24, 2.45) is 0 Å². The Morgan fingerprint density at radius 1 is 1.25 bits per heavy atom. The fraction of sp³-hybridized carbons (Fsp3) is 0.667. The summed E-state index contributed by atoms with van der Waals surface area (Å²) in [6.45, 7) is 2.06. The Hall–Kier alpha value is -1.59. The molecule has 0 aromatic heterocycles. The largest absolute Gasteiger partial charge is 0.481 e. The van der Waals surface area contributed by atoms with Gasteiger partial charge in [-0.2, -0.15) is 8.42 Å². The van der Waals surface area contributed by atoms with Gasteiger partial charge in [-0.3, -0.25) is 9.35 Å². The van der Waals surface area contributed by atoms with Crippen LogP contribution in [0.2, 0.25) is 0 Å². The lowest BCUT2D eigenvalue weighted by Crippen LogP contribution is -2.33. The molecular formula is C12H18O7S. The van der Waals surface area contributed by atoms with Gasteiger partial charge in [0.05, 0.1) is 6.42 Å². The molecule has 0 aromatic rings. The van der Waals surface area contributed by atoms with Crippen molar-refractivity contribution in [1.29, 1.82) is 0 Å². The second kappa shape index (κ2) is 9.34. The lowest BCUT2D eigenvalue weighted by Gasteiger charge is -2.07. The van der Waals surface area contributed by atoms with E-state index in [4.69, 9.17) is 9.66 Å². The summed E-state index contributed by atoms with van der Waals surface area (Å²) in [7, 11) is -4.84. The normalized spacial score (nSPS) is 12.1. The molecule has 0 fully saturated rings. The summed E-state index contributed by atoms with van der Waals surface area (Å²) < 4.78 is 34.8. The van der Waals surface area contributed by atoms with E-state index in [0.29, 0.717) is 6.42 Å². The average Bonchev–Trinajstić information content (AvgIpc) is 2.33. The second-order valence-electron chi connectivity index (χ2n) is 4.11. The molecule has 7 nitrogen and oxygen atoms in total. The Morgan fingerprint density at radius 2 is 1.90 bits per heavy atom. The highest BCUT2D eigenvalue weighted by molar-refractivity contribution is 7.87. The van der Waals surface area contributed by atoms with Gasteiger partial charge < -0.3 is 9.84 Å². The number of rotatable bonds is 8. The zero-order chi connectivity index (χ0) is 15.6. The molecule has 0 heterocycles. The van der Waals surface area contributed by atoms with Crippen LogP contribution < -0.4 is 0 Å². The Morgan fingerprint density at radius 3 is 2.40 bits per heavy atom. The zero-order valence-corrected chi connectivity index (χ0v) is 12.0. The van der Waals surface area contributed by atoms with Crippen LogP contribution in [0.5, 0.6) is 0 Å². The van der Waals surface area contributed by atoms with Crippen LogP contribution in [0.1, 0.15) is 45.4 Å². The van der Waals surface area contributed by atoms with E-state index >= 15 is 0 Å². The number of hydrogen-bond donors (Lipinski definition) is 2. The van der Waals surface area contributed by atoms with Gasteiger partial charge in [0.1, 0.15) is 6.11 Å². The maximum absolute atomic E-state index is 11.3. The van der Waals surface area contributed by atoms with Crippen LogP contribution in [-0.4, -0.2) is 35.3 Å². The van der Waals surface area contributed by atoms with E-state index in [0.717, 1.165) is 25.7 Å².